The van der Waals surface area contributed by atoms with Crippen LogP contribution >= 0.6 is 0 Å². The first-order valence-corrected chi connectivity index (χ1v) is 9.14. The van der Waals surface area contributed by atoms with Crippen LogP contribution in [-0.2, 0) is 15.8 Å². The van der Waals surface area contributed by atoms with E-state index in [4.69, 9.17) is 5.73 Å². The molecule has 3 rings (SSSR count). The fraction of sp³-hybridized carbons (Fsp3) is 0.579. The van der Waals surface area contributed by atoms with E-state index in [1.165, 1.54) is 17.0 Å². The van der Waals surface area contributed by atoms with E-state index in [-0.39, 0.29) is 24.2 Å². The van der Waals surface area contributed by atoms with E-state index < -0.39 is 23.7 Å². The van der Waals surface area contributed by atoms with Gasteiger partial charge in [0.25, 0.3) is 0 Å². The molecule has 148 valence electrons. The Kier molecular flexibility index (Phi) is 5.46. The molecule has 2 fully saturated rings. The van der Waals surface area contributed by atoms with Crippen LogP contribution in [0.5, 0.6) is 0 Å². The van der Waals surface area contributed by atoms with Crippen molar-refractivity contribution < 1.29 is 22.8 Å². The second kappa shape index (κ2) is 7.50. The summed E-state index contributed by atoms with van der Waals surface area (Å²) in [5.41, 5.74) is 5.50. The number of carbonyl (C=O) groups is 2. The number of likely N-dealkylation sites (tertiary alicyclic amines) is 2. The van der Waals surface area contributed by atoms with E-state index in [1.807, 2.05) is 0 Å². The maximum absolute atomic E-state index is 13.1. The number of nitrogens with zero attached hydrogens (tertiary/aromatic N) is 2. The summed E-state index contributed by atoms with van der Waals surface area (Å²) in [5.74, 6) is -0.331. The predicted octanol–water partition coefficient (Wildman–Crippen LogP) is 2.42. The third kappa shape index (κ3) is 3.95. The van der Waals surface area contributed by atoms with Gasteiger partial charge in [-0.3, -0.25) is 9.59 Å². The van der Waals surface area contributed by atoms with Crippen LogP contribution in [0, 0.1) is 11.8 Å². The standard InChI is InChI=1S/C19H24F3N3O2/c1-24-16(26)7-6-15(18(27)25-9-8-12(10-23)11-25)17(24)13-2-4-14(5-3-13)19(20,21)22/h2-5,12,15,17H,6-11,23H2,1H3. The van der Waals surface area contributed by atoms with Crippen LogP contribution in [0.4, 0.5) is 13.2 Å². The highest BCUT2D eigenvalue weighted by molar-refractivity contribution is 5.85. The normalized spacial score (nSPS) is 26.6. The number of alkyl halides is 3. The number of piperidine rings is 1. The Hall–Kier alpha value is -2.09. The summed E-state index contributed by atoms with van der Waals surface area (Å²) in [7, 11) is 1.61. The number of halogens is 3. The van der Waals surface area contributed by atoms with Gasteiger partial charge in [0.1, 0.15) is 0 Å². The zero-order valence-corrected chi connectivity index (χ0v) is 15.2. The number of hydrogen-bond donors (Lipinski definition) is 1. The Morgan fingerprint density at radius 3 is 2.44 bits per heavy atom. The molecule has 0 radical (unpaired) electrons. The van der Waals surface area contributed by atoms with Gasteiger partial charge in [0.2, 0.25) is 11.8 Å². The molecule has 2 amide bonds. The number of hydrogen-bond acceptors (Lipinski definition) is 3. The molecule has 2 N–H and O–H groups in total. The van der Waals surface area contributed by atoms with Crippen molar-refractivity contribution in [3.05, 3.63) is 35.4 Å². The SMILES string of the molecule is CN1C(=O)CCC(C(=O)N2CCC(CN)C2)C1c1ccc(C(F)(F)F)cc1. The number of carbonyl (C=O) groups excluding carboxylic acids is 2. The molecular formula is C19H24F3N3O2. The molecule has 27 heavy (non-hydrogen) atoms. The van der Waals surface area contributed by atoms with E-state index >= 15 is 0 Å². The van der Waals surface area contributed by atoms with Crippen molar-refractivity contribution in [2.45, 2.75) is 31.5 Å². The molecule has 0 bridgehead atoms. The first kappa shape index (κ1) is 19.7. The minimum atomic E-state index is -4.42. The van der Waals surface area contributed by atoms with Crippen LogP contribution in [-0.4, -0.2) is 48.3 Å². The third-order valence-corrected chi connectivity index (χ3v) is 5.69. The Labute approximate surface area is 156 Å². The molecular weight excluding hydrogens is 359 g/mol. The lowest BCUT2D eigenvalue weighted by Crippen LogP contribution is -2.47. The molecule has 2 saturated heterocycles. The van der Waals surface area contributed by atoms with Gasteiger partial charge in [0.05, 0.1) is 17.5 Å². The van der Waals surface area contributed by atoms with Crippen LogP contribution in [0.15, 0.2) is 24.3 Å². The van der Waals surface area contributed by atoms with Crippen LogP contribution in [0.25, 0.3) is 0 Å². The summed E-state index contributed by atoms with van der Waals surface area (Å²) in [6.07, 6.45) is -2.90. The van der Waals surface area contributed by atoms with E-state index in [2.05, 4.69) is 0 Å². The van der Waals surface area contributed by atoms with E-state index in [1.54, 1.807) is 11.9 Å². The van der Waals surface area contributed by atoms with Crippen molar-refractivity contribution in [2.75, 3.05) is 26.7 Å². The van der Waals surface area contributed by atoms with Crippen molar-refractivity contribution in [3.8, 4) is 0 Å². The minimum Gasteiger partial charge on any atom is -0.342 e. The largest absolute Gasteiger partial charge is 0.416 e. The van der Waals surface area contributed by atoms with Gasteiger partial charge in [0, 0.05) is 26.6 Å². The molecule has 8 heteroatoms. The average Bonchev–Trinajstić information content (AvgIpc) is 3.12. The fourth-order valence-electron chi connectivity index (χ4n) is 4.08. The summed E-state index contributed by atoms with van der Waals surface area (Å²) in [5, 5.41) is 0. The smallest absolute Gasteiger partial charge is 0.342 e. The third-order valence-electron chi connectivity index (χ3n) is 5.69. The van der Waals surface area contributed by atoms with Gasteiger partial charge in [0.15, 0.2) is 0 Å². The molecule has 0 aromatic heterocycles. The second-order valence-electron chi connectivity index (χ2n) is 7.39. The summed E-state index contributed by atoms with van der Waals surface area (Å²) < 4.78 is 38.5. The molecule has 3 unspecified atom stereocenters. The fourth-order valence-corrected chi connectivity index (χ4v) is 4.08. The van der Waals surface area contributed by atoms with Gasteiger partial charge < -0.3 is 15.5 Å². The van der Waals surface area contributed by atoms with E-state index in [9.17, 15) is 22.8 Å². The van der Waals surface area contributed by atoms with Gasteiger partial charge in [-0.1, -0.05) is 12.1 Å². The molecule has 0 spiro atoms. The quantitative estimate of drug-likeness (QED) is 0.872. The van der Waals surface area contributed by atoms with Gasteiger partial charge in [-0.2, -0.15) is 13.2 Å². The summed E-state index contributed by atoms with van der Waals surface area (Å²) in [6.45, 7) is 1.76. The van der Waals surface area contributed by atoms with Crippen molar-refractivity contribution in [2.24, 2.45) is 17.6 Å². The summed E-state index contributed by atoms with van der Waals surface area (Å²) in [4.78, 5) is 28.6. The average molecular weight is 383 g/mol. The Bertz CT molecular complexity index is 705. The molecule has 1 aromatic carbocycles. The molecule has 3 atom stereocenters. The molecule has 1 aromatic rings. The lowest BCUT2D eigenvalue weighted by atomic mass is 9.83. The van der Waals surface area contributed by atoms with Crippen molar-refractivity contribution in [1.82, 2.24) is 9.80 Å². The number of nitrogens with two attached hydrogens (primary N) is 1. The molecule has 2 heterocycles. The molecule has 2 aliphatic rings. The topological polar surface area (TPSA) is 66.6 Å². The van der Waals surface area contributed by atoms with Gasteiger partial charge in [-0.25, -0.2) is 0 Å². The summed E-state index contributed by atoms with van der Waals surface area (Å²) >= 11 is 0. The van der Waals surface area contributed by atoms with Crippen LogP contribution in [0.3, 0.4) is 0 Å². The molecule has 0 saturated carbocycles. The van der Waals surface area contributed by atoms with Crippen LogP contribution in [0.2, 0.25) is 0 Å². The van der Waals surface area contributed by atoms with Crippen molar-refractivity contribution in [1.29, 1.82) is 0 Å². The summed E-state index contributed by atoms with van der Waals surface area (Å²) in [6, 6.07) is 4.19. The van der Waals surface area contributed by atoms with Gasteiger partial charge in [-0.15, -0.1) is 0 Å². The van der Waals surface area contributed by atoms with Gasteiger partial charge >= 0.3 is 6.18 Å². The first-order chi connectivity index (χ1) is 12.7. The monoisotopic (exact) mass is 383 g/mol. The predicted molar refractivity (Wildman–Crippen MR) is 93.4 cm³/mol. The highest BCUT2D eigenvalue weighted by atomic mass is 19.4. The lowest BCUT2D eigenvalue weighted by molar-refractivity contribution is -0.146. The van der Waals surface area contributed by atoms with E-state index in [0.29, 0.717) is 31.6 Å². The van der Waals surface area contributed by atoms with E-state index in [0.717, 1.165) is 18.6 Å². The number of amides is 2. The molecule has 2 aliphatic heterocycles. The molecule has 0 aliphatic carbocycles. The zero-order chi connectivity index (χ0) is 19.8. The number of rotatable bonds is 3. The number of benzene rings is 1. The highest BCUT2D eigenvalue weighted by Crippen LogP contribution is 2.39. The van der Waals surface area contributed by atoms with Crippen LogP contribution in [0.1, 0.15) is 36.4 Å². The highest BCUT2D eigenvalue weighted by Gasteiger charge is 2.42. The minimum absolute atomic E-state index is 0.0461. The first-order valence-electron chi connectivity index (χ1n) is 9.14. The second-order valence-corrected chi connectivity index (χ2v) is 7.39. The Morgan fingerprint density at radius 2 is 1.89 bits per heavy atom. The maximum Gasteiger partial charge on any atom is 0.416 e. The Morgan fingerprint density at radius 1 is 1.22 bits per heavy atom. The van der Waals surface area contributed by atoms with Gasteiger partial charge in [-0.05, 0) is 43.0 Å². The van der Waals surface area contributed by atoms with Crippen molar-refractivity contribution in [3.63, 3.8) is 0 Å². The lowest BCUT2D eigenvalue weighted by Gasteiger charge is -2.40. The molecule has 5 nitrogen and oxygen atoms in total. The Balaban J connectivity index is 1.86. The zero-order valence-electron chi connectivity index (χ0n) is 15.2. The van der Waals surface area contributed by atoms with Crippen LogP contribution < -0.4 is 5.73 Å². The maximum atomic E-state index is 13.1. The van der Waals surface area contributed by atoms with Crippen molar-refractivity contribution >= 4 is 11.8 Å².